The molecule has 0 aromatic carbocycles. The fourth-order valence-electron chi connectivity index (χ4n) is 1.22. The van der Waals surface area contributed by atoms with Crippen molar-refractivity contribution in [2.24, 2.45) is 5.73 Å². The Morgan fingerprint density at radius 3 is 2.92 bits per heavy atom. The number of aromatic nitrogens is 3. The predicted octanol–water partition coefficient (Wildman–Crippen LogP) is 0.357. The standard InChI is InChI=1S/C8H14N4/c1-8(3-4-8)7-10-6(2-5-9)11-12-7/h2-5,9H2,1H3,(H,10,11,12). The second kappa shape index (κ2) is 2.55. The molecule has 2 rings (SSSR count). The van der Waals surface area contributed by atoms with Gasteiger partial charge in [0.2, 0.25) is 0 Å². The summed E-state index contributed by atoms with van der Waals surface area (Å²) in [4.78, 5) is 4.39. The maximum absolute atomic E-state index is 5.41. The molecule has 0 unspecified atom stereocenters. The number of hydrogen-bond donors (Lipinski definition) is 2. The minimum atomic E-state index is 0.267. The molecular formula is C8H14N4. The smallest absolute Gasteiger partial charge is 0.156 e. The van der Waals surface area contributed by atoms with Crippen molar-refractivity contribution >= 4 is 0 Å². The third-order valence-corrected chi connectivity index (χ3v) is 2.45. The van der Waals surface area contributed by atoms with Gasteiger partial charge in [0.05, 0.1) is 0 Å². The van der Waals surface area contributed by atoms with Gasteiger partial charge in [-0.15, -0.1) is 0 Å². The van der Waals surface area contributed by atoms with E-state index in [2.05, 4.69) is 22.1 Å². The van der Waals surface area contributed by atoms with Crippen LogP contribution in [0.2, 0.25) is 0 Å². The van der Waals surface area contributed by atoms with Crippen LogP contribution < -0.4 is 5.73 Å². The largest absolute Gasteiger partial charge is 0.330 e. The molecule has 66 valence electrons. The van der Waals surface area contributed by atoms with Gasteiger partial charge in [-0.25, -0.2) is 4.98 Å². The van der Waals surface area contributed by atoms with Crippen LogP contribution in [0.4, 0.5) is 0 Å². The molecule has 0 radical (unpaired) electrons. The van der Waals surface area contributed by atoms with E-state index in [1.165, 1.54) is 12.8 Å². The number of aromatic amines is 1. The van der Waals surface area contributed by atoms with E-state index in [1.54, 1.807) is 0 Å². The van der Waals surface area contributed by atoms with Crippen molar-refractivity contribution < 1.29 is 0 Å². The van der Waals surface area contributed by atoms with Crippen molar-refractivity contribution in [1.29, 1.82) is 0 Å². The maximum Gasteiger partial charge on any atom is 0.156 e. The maximum atomic E-state index is 5.41. The lowest BCUT2D eigenvalue weighted by Gasteiger charge is -1.98. The van der Waals surface area contributed by atoms with Crippen LogP contribution in [0.25, 0.3) is 0 Å². The molecule has 4 nitrogen and oxygen atoms in total. The van der Waals surface area contributed by atoms with Gasteiger partial charge in [-0.1, -0.05) is 6.92 Å². The first-order chi connectivity index (χ1) is 5.74. The van der Waals surface area contributed by atoms with Gasteiger partial charge < -0.3 is 5.73 Å². The van der Waals surface area contributed by atoms with Crippen LogP contribution in [0, 0.1) is 0 Å². The van der Waals surface area contributed by atoms with Crippen LogP contribution in [0.3, 0.4) is 0 Å². The number of nitrogens with two attached hydrogens (primary N) is 1. The lowest BCUT2D eigenvalue weighted by molar-refractivity contribution is 0.713. The van der Waals surface area contributed by atoms with Gasteiger partial charge in [-0.3, -0.25) is 5.10 Å². The Labute approximate surface area is 71.6 Å². The zero-order valence-electron chi connectivity index (χ0n) is 7.30. The molecular weight excluding hydrogens is 152 g/mol. The van der Waals surface area contributed by atoms with Gasteiger partial charge in [0.1, 0.15) is 5.82 Å². The fraction of sp³-hybridized carbons (Fsp3) is 0.750. The quantitative estimate of drug-likeness (QED) is 0.681. The molecule has 1 heterocycles. The minimum absolute atomic E-state index is 0.267. The number of nitrogens with one attached hydrogen (secondary N) is 1. The molecule has 1 aliphatic carbocycles. The Balaban J connectivity index is 2.13. The van der Waals surface area contributed by atoms with E-state index in [-0.39, 0.29) is 5.41 Å². The van der Waals surface area contributed by atoms with Crippen molar-refractivity contribution in [3.8, 4) is 0 Å². The molecule has 0 saturated heterocycles. The average Bonchev–Trinajstić information content (AvgIpc) is 2.64. The summed E-state index contributed by atoms with van der Waals surface area (Å²) in [6.45, 7) is 2.83. The molecule has 1 saturated carbocycles. The van der Waals surface area contributed by atoms with Gasteiger partial charge in [-0.05, 0) is 19.4 Å². The van der Waals surface area contributed by atoms with E-state index in [1.807, 2.05) is 0 Å². The highest BCUT2D eigenvalue weighted by Crippen LogP contribution is 2.45. The fourth-order valence-corrected chi connectivity index (χ4v) is 1.22. The predicted molar refractivity (Wildman–Crippen MR) is 45.7 cm³/mol. The lowest BCUT2D eigenvalue weighted by Crippen LogP contribution is -2.05. The molecule has 3 N–H and O–H groups in total. The van der Waals surface area contributed by atoms with E-state index in [9.17, 15) is 0 Å². The molecule has 1 aromatic heterocycles. The van der Waals surface area contributed by atoms with Crippen molar-refractivity contribution in [2.75, 3.05) is 6.54 Å². The second-order valence-electron chi connectivity index (χ2n) is 3.71. The summed E-state index contributed by atoms with van der Waals surface area (Å²) in [5.74, 6) is 1.88. The number of rotatable bonds is 3. The topological polar surface area (TPSA) is 67.6 Å². The Kier molecular flexibility index (Phi) is 1.65. The highest BCUT2D eigenvalue weighted by molar-refractivity contribution is 5.15. The molecule has 1 aliphatic rings. The zero-order chi connectivity index (χ0) is 8.60. The third kappa shape index (κ3) is 1.22. The van der Waals surface area contributed by atoms with E-state index in [0.29, 0.717) is 6.54 Å². The van der Waals surface area contributed by atoms with Gasteiger partial charge in [0, 0.05) is 11.8 Å². The van der Waals surface area contributed by atoms with Crippen molar-refractivity contribution in [2.45, 2.75) is 31.6 Å². The average molecular weight is 166 g/mol. The summed E-state index contributed by atoms with van der Waals surface area (Å²) < 4.78 is 0. The van der Waals surface area contributed by atoms with Crippen LogP contribution in [0.15, 0.2) is 0 Å². The first-order valence-corrected chi connectivity index (χ1v) is 4.36. The Bertz CT molecular complexity index is 274. The van der Waals surface area contributed by atoms with Crippen LogP contribution in [0.1, 0.15) is 31.4 Å². The molecule has 0 bridgehead atoms. The Morgan fingerprint density at radius 1 is 1.58 bits per heavy atom. The normalized spacial score (nSPS) is 19.5. The third-order valence-electron chi connectivity index (χ3n) is 2.45. The summed E-state index contributed by atoms with van der Waals surface area (Å²) in [7, 11) is 0. The molecule has 0 aliphatic heterocycles. The van der Waals surface area contributed by atoms with Gasteiger partial charge >= 0.3 is 0 Å². The number of hydrogen-bond acceptors (Lipinski definition) is 3. The van der Waals surface area contributed by atoms with E-state index in [0.717, 1.165) is 18.1 Å². The highest BCUT2D eigenvalue weighted by atomic mass is 15.2. The van der Waals surface area contributed by atoms with Crippen LogP contribution in [0.5, 0.6) is 0 Å². The van der Waals surface area contributed by atoms with E-state index in [4.69, 9.17) is 5.73 Å². The molecule has 0 amide bonds. The zero-order valence-corrected chi connectivity index (χ0v) is 7.30. The van der Waals surface area contributed by atoms with Crippen LogP contribution in [-0.2, 0) is 11.8 Å². The molecule has 0 atom stereocenters. The highest BCUT2D eigenvalue weighted by Gasteiger charge is 2.42. The summed E-state index contributed by atoms with van der Waals surface area (Å²) in [5.41, 5.74) is 5.67. The molecule has 1 aromatic rings. The first-order valence-electron chi connectivity index (χ1n) is 4.36. The molecule has 4 heteroatoms. The van der Waals surface area contributed by atoms with Gasteiger partial charge in [0.15, 0.2) is 5.82 Å². The Hall–Kier alpha value is -0.900. The second-order valence-corrected chi connectivity index (χ2v) is 3.71. The number of H-pyrrole nitrogens is 1. The summed E-state index contributed by atoms with van der Waals surface area (Å²) in [5, 5.41) is 7.09. The summed E-state index contributed by atoms with van der Waals surface area (Å²) in [6, 6.07) is 0. The molecule has 0 spiro atoms. The summed E-state index contributed by atoms with van der Waals surface area (Å²) >= 11 is 0. The first kappa shape index (κ1) is 7.73. The van der Waals surface area contributed by atoms with Crippen LogP contribution >= 0.6 is 0 Å². The van der Waals surface area contributed by atoms with E-state index >= 15 is 0 Å². The van der Waals surface area contributed by atoms with Crippen molar-refractivity contribution in [1.82, 2.24) is 15.2 Å². The molecule has 12 heavy (non-hydrogen) atoms. The lowest BCUT2D eigenvalue weighted by atomic mass is 10.1. The SMILES string of the molecule is CC1(c2n[nH]c(CCN)n2)CC1. The van der Waals surface area contributed by atoms with Gasteiger partial charge in [0.25, 0.3) is 0 Å². The van der Waals surface area contributed by atoms with E-state index < -0.39 is 0 Å². The van der Waals surface area contributed by atoms with Crippen molar-refractivity contribution in [3.05, 3.63) is 11.6 Å². The minimum Gasteiger partial charge on any atom is -0.330 e. The number of nitrogens with zero attached hydrogens (tertiary/aromatic N) is 2. The van der Waals surface area contributed by atoms with Crippen molar-refractivity contribution in [3.63, 3.8) is 0 Å². The monoisotopic (exact) mass is 166 g/mol. The molecule has 1 fully saturated rings. The Morgan fingerprint density at radius 2 is 2.33 bits per heavy atom. The van der Waals surface area contributed by atoms with Crippen LogP contribution in [-0.4, -0.2) is 21.7 Å². The van der Waals surface area contributed by atoms with Gasteiger partial charge in [-0.2, -0.15) is 5.10 Å². The summed E-state index contributed by atoms with van der Waals surface area (Å²) in [6.07, 6.45) is 3.23.